The van der Waals surface area contributed by atoms with Crippen molar-refractivity contribution in [1.82, 2.24) is 0 Å². The van der Waals surface area contributed by atoms with Gasteiger partial charge in [0.05, 0.1) is 0 Å². The molecular weight excluding hydrogens is 253 g/mol. The van der Waals surface area contributed by atoms with Crippen molar-refractivity contribution in [1.29, 1.82) is 0 Å². The lowest BCUT2D eigenvalue weighted by atomic mass is 10.2. The van der Waals surface area contributed by atoms with Gasteiger partial charge in [0, 0.05) is 6.42 Å². The van der Waals surface area contributed by atoms with Crippen LogP contribution in [0.1, 0.15) is 5.56 Å². The predicted octanol–water partition coefficient (Wildman–Crippen LogP) is 2.45. The normalized spacial score (nSPS) is 11.5. The van der Waals surface area contributed by atoms with Crippen molar-refractivity contribution in [3.63, 3.8) is 0 Å². The smallest absolute Gasteiger partial charge is 0.122 e. The molecule has 0 radical (unpaired) electrons. The molecule has 0 aliphatic heterocycles. The number of nitrogens with zero attached hydrogens (tertiary/aromatic N) is 1. The third-order valence-electron chi connectivity index (χ3n) is 1.30. The van der Waals surface area contributed by atoms with Crippen LogP contribution in [0.5, 0.6) is 0 Å². The second-order valence-electron chi connectivity index (χ2n) is 2.14. The van der Waals surface area contributed by atoms with E-state index in [0.717, 1.165) is 5.56 Å². The van der Waals surface area contributed by atoms with Crippen molar-refractivity contribution in [3.05, 3.63) is 35.9 Å². The first-order valence-electron chi connectivity index (χ1n) is 3.23. The second-order valence-corrected chi connectivity index (χ2v) is 3.38. The molecule has 0 saturated heterocycles. The van der Waals surface area contributed by atoms with Crippen LogP contribution in [0, 0.1) is 0 Å². The highest BCUT2D eigenvalue weighted by Crippen LogP contribution is 2.04. The van der Waals surface area contributed by atoms with Crippen LogP contribution in [-0.2, 0) is 6.42 Å². The van der Waals surface area contributed by atoms with Crippen LogP contribution in [0.3, 0.4) is 0 Å². The van der Waals surface area contributed by atoms with Gasteiger partial charge in [-0.3, -0.25) is 0 Å². The fourth-order valence-corrected chi connectivity index (χ4v) is 1.24. The Balaban J connectivity index is 2.65. The summed E-state index contributed by atoms with van der Waals surface area (Å²) in [5.74, 6) is 0. The highest BCUT2D eigenvalue weighted by molar-refractivity contribution is 14.1. The zero-order chi connectivity index (χ0) is 8.10. The molecule has 0 aliphatic rings. The molecule has 58 valence electrons. The molecule has 1 N–H and O–H groups in total. The lowest BCUT2D eigenvalue weighted by molar-refractivity contribution is 0.320. The first-order valence-corrected chi connectivity index (χ1v) is 4.31. The number of oxime groups is 1. The Morgan fingerprint density at radius 1 is 1.36 bits per heavy atom. The standard InChI is InChI=1S/C8H8INO/c9-8(10-11)6-7-4-2-1-3-5-7/h1-5,11H,6H2. The van der Waals surface area contributed by atoms with Crippen LogP contribution < -0.4 is 0 Å². The fraction of sp³-hybridized carbons (Fsp3) is 0.125. The molecule has 1 rings (SSSR count). The van der Waals surface area contributed by atoms with Gasteiger partial charge in [0.2, 0.25) is 0 Å². The maximum atomic E-state index is 8.38. The third-order valence-corrected chi connectivity index (χ3v) is 1.90. The summed E-state index contributed by atoms with van der Waals surface area (Å²) in [4.78, 5) is 0. The van der Waals surface area contributed by atoms with Gasteiger partial charge in [-0.2, -0.15) is 0 Å². The van der Waals surface area contributed by atoms with Crippen LogP contribution in [0.25, 0.3) is 0 Å². The average Bonchev–Trinajstić information content (AvgIpc) is 2.06. The maximum Gasteiger partial charge on any atom is 0.122 e. The molecule has 0 fully saturated rings. The van der Waals surface area contributed by atoms with E-state index in [4.69, 9.17) is 5.21 Å². The van der Waals surface area contributed by atoms with Crippen LogP contribution in [-0.4, -0.2) is 8.93 Å². The summed E-state index contributed by atoms with van der Waals surface area (Å²) in [5.41, 5.74) is 1.16. The van der Waals surface area contributed by atoms with E-state index in [1.807, 2.05) is 52.9 Å². The summed E-state index contributed by atoms with van der Waals surface area (Å²) < 4.78 is 0.703. The minimum absolute atomic E-state index is 0.703. The van der Waals surface area contributed by atoms with Gasteiger partial charge < -0.3 is 5.21 Å². The number of rotatable bonds is 2. The van der Waals surface area contributed by atoms with Crippen LogP contribution in [0.15, 0.2) is 35.5 Å². The molecule has 2 nitrogen and oxygen atoms in total. The van der Waals surface area contributed by atoms with Gasteiger partial charge in [-0.1, -0.05) is 35.5 Å². The molecule has 1 aromatic carbocycles. The molecule has 1 aromatic rings. The van der Waals surface area contributed by atoms with Gasteiger partial charge in [-0.25, -0.2) is 0 Å². The predicted molar refractivity (Wildman–Crippen MR) is 53.4 cm³/mol. The van der Waals surface area contributed by atoms with E-state index in [0.29, 0.717) is 10.1 Å². The summed E-state index contributed by atoms with van der Waals surface area (Å²) in [6, 6.07) is 9.91. The summed E-state index contributed by atoms with van der Waals surface area (Å²) in [7, 11) is 0. The molecule has 0 aromatic heterocycles. The largest absolute Gasteiger partial charge is 0.410 e. The molecule has 0 unspecified atom stereocenters. The van der Waals surface area contributed by atoms with Crippen LogP contribution in [0.2, 0.25) is 0 Å². The highest BCUT2D eigenvalue weighted by atomic mass is 127. The lowest BCUT2D eigenvalue weighted by Crippen LogP contribution is -1.92. The SMILES string of the molecule is ON=C(I)Cc1ccccc1. The first-order chi connectivity index (χ1) is 5.33. The van der Waals surface area contributed by atoms with E-state index in [-0.39, 0.29) is 0 Å². The quantitative estimate of drug-likeness (QED) is 0.377. The summed E-state index contributed by atoms with van der Waals surface area (Å²) in [6.45, 7) is 0. The van der Waals surface area contributed by atoms with Gasteiger partial charge in [0.1, 0.15) is 3.72 Å². The van der Waals surface area contributed by atoms with E-state index >= 15 is 0 Å². The van der Waals surface area contributed by atoms with Crippen LogP contribution >= 0.6 is 22.6 Å². The molecule has 0 saturated carbocycles. The first kappa shape index (κ1) is 8.52. The molecule has 11 heavy (non-hydrogen) atoms. The van der Waals surface area contributed by atoms with E-state index in [2.05, 4.69) is 5.16 Å². The lowest BCUT2D eigenvalue weighted by Gasteiger charge is -1.95. The Hall–Kier alpha value is -0.580. The van der Waals surface area contributed by atoms with E-state index in [9.17, 15) is 0 Å². The molecule has 0 atom stereocenters. The molecule has 0 bridgehead atoms. The van der Waals surface area contributed by atoms with Crippen molar-refractivity contribution in [2.45, 2.75) is 6.42 Å². The van der Waals surface area contributed by atoms with E-state index in [1.54, 1.807) is 0 Å². The Labute approximate surface area is 79.1 Å². The molecule has 0 heterocycles. The van der Waals surface area contributed by atoms with E-state index in [1.165, 1.54) is 0 Å². The summed E-state index contributed by atoms with van der Waals surface area (Å²) in [6.07, 6.45) is 0.706. The number of hydrogen-bond donors (Lipinski definition) is 1. The van der Waals surface area contributed by atoms with Crippen molar-refractivity contribution < 1.29 is 5.21 Å². The number of hydrogen-bond acceptors (Lipinski definition) is 2. The molecule has 0 spiro atoms. The third kappa shape index (κ3) is 2.88. The Bertz CT molecular complexity index is 246. The topological polar surface area (TPSA) is 32.6 Å². The van der Waals surface area contributed by atoms with Gasteiger partial charge >= 0.3 is 0 Å². The molecule has 0 aliphatic carbocycles. The fourth-order valence-electron chi connectivity index (χ4n) is 0.800. The van der Waals surface area contributed by atoms with Gasteiger partial charge in [-0.05, 0) is 28.2 Å². The van der Waals surface area contributed by atoms with Crippen molar-refractivity contribution >= 4 is 26.3 Å². The second kappa shape index (κ2) is 4.33. The Kier molecular flexibility index (Phi) is 3.35. The molecule has 0 amide bonds. The molecular formula is C8H8INO. The Morgan fingerprint density at radius 3 is 2.55 bits per heavy atom. The number of halogens is 1. The zero-order valence-electron chi connectivity index (χ0n) is 5.87. The van der Waals surface area contributed by atoms with Crippen molar-refractivity contribution in [2.24, 2.45) is 5.16 Å². The minimum Gasteiger partial charge on any atom is -0.410 e. The highest BCUT2D eigenvalue weighted by Gasteiger charge is 1.95. The van der Waals surface area contributed by atoms with Crippen molar-refractivity contribution in [2.75, 3.05) is 0 Å². The van der Waals surface area contributed by atoms with Gasteiger partial charge in [0.15, 0.2) is 0 Å². The van der Waals surface area contributed by atoms with E-state index < -0.39 is 0 Å². The zero-order valence-corrected chi connectivity index (χ0v) is 8.02. The molecule has 3 heteroatoms. The average molecular weight is 261 g/mol. The van der Waals surface area contributed by atoms with Gasteiger partial charge in [0.25, 0.3) is 0 Å². The summed E-state index contributed by atoms with van der Waals surface area (Å²) in [5, 5.41) is 11.5. The maximum absolute atomic E-state index is 8.38. The van der Waals surface area contributed by atoms with Crippen LogP contribution in [0.4, 0.5) is 0 Å². The van der Waals surface area contributed by atoms with Crippen molar-refractivity contribution in [3.8, 4) is 0 Å². The number of benzene rings is 1. The Morgan fingerprint density at radius 2 is 2.00 bits per heavy atom. The summed E-state index contributed by atoms with van der Waals surface area (Å²) >= 11 is 2.01. The van der Waals surface area contributed by atoms with Gasteiger partial charge in [-0.15, -0.1) is 0 Å². The monoisotopic (exact) mass is 261 g/mol. The minimum atomic E-state index is 0.703.